The quantitative estimate of drug-likeness (QED) is 0.381. The van der Waals surface area contributed by atoms with Crippen LogP contribution in [-0.4, -0.2) is 18.0 Å². The van der Waals surface area contributed by atoms with E-state index in [1.54, 1.807) is 6.92 Å². The molecule has 0 radical (unpaired) electrons. The van der Waals surface area contributed by atoms with Crippen molar-refractivity contribution in [3.63, 3.8) is 0 Å². The second-order valence-corrected chi connectivity index (χ2v) is 1.81. The van der Waals surface area contributed by atoms with Gasteiger partial charge in [0, 0.05) is 0 Å². The van der Waals surface area contributed by atoms with Crippen LogP contribution in [0.25, 0.3) is 0 Å². The maximum Gasteiger partial charge on any atom is 0.335 e. The summed E-state index contributed by atoms with van der Waals surface area (Å²) in [5.74, 6) is -0.307. The highest BCUT2D eigenvalue weighted by atomic mass is 16.2. The van der Waals surface area contributed by atoms with Gasteiger partial charge in [0.05, 0.1) is 0 Å². The van der Waals surface area contributed by atoms with E-state index < -0.39 is 6.03 Å². The molecular weight excluding hydrogens is 122 g/mol. The first kappa shape index (κ1) is 6.03. The Morgan fingerprint density at radius 3 is 2.56 bits per heavy atom. The number of carbonyl (C=O) groups is 2. The molecule has 50 valence electrons. The smallest absolute Gasteiger partial charge is 0.276 e. The summed E-state index contributed by atoms with van der Waals surface area (Å²) in [4.78, 5) is 20.9. The second kappa shape index (κ2) is 2.02. The van der Waals surface area contributed by atoms with E-state index in [1.165, 1.54) is 0 Å². The number of hydrogen-bond acceptors (Lipinski definition) is 3. The third-order valence-corrected chi connectivity index (χ3v) is 1.03. The summed E-state index contributed by atoms with van der Waals surface area (Å²) in [7, 11) is 0. The van der Waals surface area contributed by atoms with Crippen LogP contribution in [-0.2, 0) is 4.79 Å². The van der Waals surface area contributed by atoms with Gasteiger partial charge in [-0.25, -0.2) is 10.2 Å². The van der Waals surface area contributed by atoms with E-state index in [-0.39, 0.29) is 11.9 Å². The van der Waals surface area contributed by atoms with Crippen LogP contribution in [0.2, 0.25) is 0 Å². The zero-order valence-electron chi connectivity index (χ0n) is 4.89. The van der Waals surface area contributed by atoms with Crippen molar-refractivity contribution < 1.29 is 9.59 Å². The molecular formula is C4H7N3O2. The molecule has 3 N–H and O–H groups in total. The van der Waals surface area contributed by atoms with Crippen LogP contribution in [0.5, 0.6) is 0 Å². The Balaban J connectivity index is 2.54. The summed E-state index contributed by atoms with van der Waals surface area (Å²) in [6.07, 6.45) is 0. The molecule has 1 heterocycles. The van der Waals surface area contributed by atoms with Gasteiger partial charge < -0.3 is 0 Å². The SMILES string of the molecule is C[C@H]1NNC(=O)NC1=O. The lowest BCUT2D eigenvalue weighted by atomic mass is 10.3. The van der Waals surface area contributed by atoms with Crippen LogP contribution >= 0.6 is 0 Å². The van der Waals surface area contributed by atoms with Gasteiger partial charge in [-0.05, 0) is 6.92 Å². The highest BCUT2D eigenvalue weighted by Crippen LogP contribution is 1.83. The molecule has 5 heteroatoms. The molecule has 1 aliphatic heterocycles. The lowest BCUT2D eigenvalue weighted by molar-refractivity contribution is -0.122. The third kappa shape index (κ3) is 1.17. The zero-order chi connectivity index (χ0) is 6.85. The fourth-order valence-corrected chi connectivity index (χ4v) is 0.491. The monoisotopic (exact) mass is 129 g/mol. The first-order valence-electron chi connectivity index (χ1n) is 2.56. The number of nitrogens with one attached hydrogen (secondary N) is 3. The second-order valence-electron chi connectivity index (χ2n) is 1.81. The van der Waals surface area contributed by atoms with E-state index in [9.17, 15) is 9.59 Å². The number of amides is 3. The normalized spacial score (nSPS) is 27.0. The van der Waals surface area contributed by atoms with Crippen LogP contribution in [0, 0.1) is 0 Å². The van der Waals surface area contributed by atoms with E-state index in [0.29, 0.717) is 0 Å². The Bertz CT molecular complexity index is 156. The van der Waals surface area contributed by atoms with Gasteiger partial charge in [0.2, 0.25) is 5.91 Å². The molecule has 1 saturated heterocycles. The van der Waals surface area contributed by atoms with Crippen molar-refractivity contribution in [1.82, 2.24) is 16.2 Å². The van der Waals surface area contributed by atoms with Crippen LogP contribution < -0.4 is 16.2 Å². The van der Waals surface area contributed by atoms with Gasteiger partial charge in [0.25, 0.3) is 0 Å². The molecule has 0 spiro atoms. The standard InChI is InChI=1S/C4H7N3O2/c1-2-3(8)5-4(9)7-6-2/h2,6H,1H3,(H2,5,7,8,9)/t2-/m1/s1. The van der Waals surface area contributed by atoms with Crippen molar-refractivity contribution in [2.75, 3.05) is 0 Å². The first-order chi connectivity index (χ1) is 4.20. The molecule has 0 aromatic rings. The van der Waals surface area contributed by atoms with Crippen LogP contribution in [0.4, 0.5) is 4.79 Å². The molecule has 0 saturated carbocycles. The minimum Gasteiger partial charge on any atom is -0.276 e. The summed E-state index contributed by atoms with van der Waals surface area (Å²) < 4.78 is 0. The highest BCUT2D eigenvalue weighted by Gasteiger charge is 2.20. The van der Waals surface area contributed by atoms with E-state index in [2.05, 4.69) is 16.2 Å². The molecule has 1 rings (SSSR count). The molecule has 3 amide bonds. The Labute approximate surface area is 51.8 Å². The molecule has 1 fully saturated rings. The fraction of sp³-hybridized carbons (Fsp3) is 0.500. The Hall–Kier alpha value is -1.10. The number of imide groups is 1. The van der Waals surface area contributed by atoms with Crippen LogP contribution in [0.1, 0.15) is 6.92 Å². The zero-order valence-corrected chi connectivity index (χ0v) is 4.89. The van der Waals surface area contributed by atoms with E-state index >= 15 is 0 Å². The molecule has 5 nitrogen and oxygen atoms in total. The van der Waals surface area contributed by atoms with Gasteiger partial charge in [-0.3, -0.25) is 15.5 Å². The average Bonchev–Trinajstić information content (AvgIpc) is 1.80. The maximum atomic E-state index is 10.6. The fourth-order valence-electron chi connectivity index (χ4n) is 0.491. The molecule has 0 bridgehead atoms. The number of hydrazine groups is 1. The Morgan fingerprint density at radius 1 is 1.44 bits per heavy atom. The molecule has 0 aromatic heterocycles. The Morgan fingerprint density at radius 2 is 2.11 bits per heavy atom. The summed E-state index contributed by atoms with van der Waals surface area (Å²) in [6, 6.07) is -0.846. The molecule has 0 aromatic carbocycles. The largest absolute Gasteiger partial charge is 0.335 e. The van der Waals surface area contributed by atoms with Crippen molar-refractivity contribution >= 4 is 11.9 Å². The summed E-state index contributed by atoms with van der Waals surface area (Å²) >= 11 is 0. The lowest BCUT2D eigenvalue weighted by Gasteiger charge is -2.19. The van der Waals surface area contributed by atoms with Gasteiger partial charge >= 0.3 is 6.03 Å². The van der Waals surface area contributed by atoms with Crippen molar-refractivity contribution in [3.05, 3.63) is 0 Å². The first-order valence-corrected chi connectivity index (χ1v) is 2.56. The number of rotatable bonds is 0. The van der Waals surface area contributed by atoms with Crippen LogP contribution in [0.15, 0.2) is 0 Å². The summed E-state index contributed by atoms with van der Waals surface area (Å²) in [6.45, 7) is 1.65. The number of urea groups is 1. The minimum absolute atomic E-state index is 0.307. The summed E-state index contributed by atoms with van der Waals surface area (Å²) in [5.41, 5.74) is 4.71. The predicted octanol–water partition coefficient (Wildman–Crippen LogP) is -1.28. The molecule has 0 unspecified atom stereocenters. The van der Waals surface area contributed by atoms with Crippen molar-refractivity contribution in [3.8, 4) is 0 Å². The molecule has 9 heavy (non-hydrogen) atoms. The number of hydrogen-bond donors (Lipinski definition) is 3. The van der Waals surface area contributed by atoms with Gasteiger partial charge in [0.15, 0.2) is 0 Å². The highest BCUT2D eigenvalue weighted by molar-refractivity contribution is 5.98. The van der Waals surface area contributed by atoms with Gasteiger partial charge in [-0.15, -0.1) is 0 Å². The molecule has 1 aliphatic rings. The van der Waals surface area contributed by atoms with Crippen molar-refractivity contribution in [2.45, 2.75) is 13.0 Å². The van der Waals surface area contributed by atoms with Gasteiger partial charge in [-0.1, -0.05) is 0 Å². The van der Waals surface area contributed by atoms with Gasteiger partial charge in [0.1, 0.15) is 6.04 Å². The Kier molecular flexibility index (Phi) is 1.35. The van der Waals surface area contributed by atoms with E-state index in [1.807, 2.05) is 0 Å². The maximum absolute atomic E-state index is 10.6. The predicted molar refractivity (Wildman–Crippen MR) is 29.3 cm³/mol. The lowest BCUT2D eigenvalue weighted by Crippen LogP contribution is -2.61. The topological polar surface area (TPSA) is 70.2 Å². The molecule has 0 aliphatic carbocycles. The van der Waals surface area contributed by atoms with E-state index in [0.717, 1.165) is 0 Å². The minimum atomic E-state index is -0.502. The van der Waals surface area contributed by atoms with Crippen molar-refractivity contribution in [1.29, 1.82) is 0 Å². The number of carbonyl (C=O) groups excluding carboxylic acids is 2. The van der Waals surface area contributed by atoms with Crippen molar-refractivity contribution in [2.24, 2.45) is 0 Å². The third-order valence-electron chi connectivity index (χ3n) is 1.03. The van der Waals surface area contributed by atoms with Gasteiger partial charge in [-0.2, -0.15) is 0 Å². The van der Waals surface area contributed by atoms with E-state index in [4.69, 9.17) is 0 Å². The summed E-state index contributed by atoms with van der Waals surface area (Å²) in [5, 5.41) is 2.08. The van der Waals surface area contributed by atoms with Crippen LogP contribution in [0.3, 0.4) is 0 Å². The average molecular weight is 129 g/mol. The molecule has 1 atom stereocenters.